The first-order chi connectivity index (χ1) is 5.11. The quantitative estimate of drug-likeness (QED) is 0.623. The fourth-order valence-electron chi connectivity index (χ4n) is 1.14. The van der Waals surface area contributed by atoms with E-state index in [1.165, 1.54) is 5.57 Å². The van der Waals surface area contributed by atoms with Crippen LogP contribution >= 0.6 is 0 Å². The Balaban J connectivity index is 2.77. The third-order valence-corrected chi connectivity index (χ3v) is 2.07. The Morgan fingerprint density at radius 3 is 2.64 bits per heavy atom. The SMILES string of the molecule is CC1=CCC(C(=O)O)C=C1C. The van der Waals surface area contributed by atoms with Gasteiger partial charge in [-0.3, -0.25) is 4.79 Å². The fourth-order valence-corrected chi connectivity index (χ4v) is 1.14. The first kappa shape index (κ1) is 8.05. The van der Waals surface area contributed by atoms with E-state index in [0.29, 0.717) is 6.42 Å². The second kappa shape index (κ2) is 2.91. The highest BCUT2D eigenvalue weighted by Gasteiger charge is 2.16. The van der Waals surface area contributed by atoms with Gasteiger partial charge in [-0.15, -0.1) is 0 Å². The van der Waals surface area contributed by atoms with Crippen molar-refractivity contribution in [3.05, 3.63) is 23.3 Å². The number of hydrogen-bond acceptors (Lipinski definition) is 1. The van der Waals surface area contributed by atoms with E-state index in [2.05, 4.69) is 0 Å². The second-order valence-corrected chi connectivity index (χ2v) is 2.92. The third-order valence-electron chi connectivity index (χ3n) is 2.07. The van der Waals surface area contributed by atoms with Crippen molar-refractivity contribution in [3.8, 4) is 0 Å². The van der Waals surface area contributed by atoms with E-state index in [4.69, 9.17) is 5.11 Å². The van der Waals surface area contributed by atoms with Crippen LogP contribution in [0.1, 0.15) is 20.3 Å². The first-order valence-corrected chi connectivity index (χ1v) is 3.69. The molecular formula is C9H12O2. The van der Waals surface area contributed by atoms with Crippen LogP contribution in [0.25, 0.3) is 0 Å². The average molecular weight is 152 g/mol. The molecule has 0 spiro atoms. The summed E-state index contributed by atoms with van der Waals surface area (Å²) in [7, 11) is 0. The molecule has 0 heterocycles. The Morgan fingerprint density at radius 2 is 2.18 bits per heavy atom. The highest BCUT2D eigenvalue weighted by molar-refractivity contribution is 5.73. The summed E-state index contributed by atoms with van der Waals surface area (Å²) in [6, 6.07) is 0. The van der Waals surface area contributed by atoms with Crippen molar-refractivity contribution in [2.75, 3.05) is 0 Å². The molecule has 1 unspecified atom stereocenters. The summed E-state index contributed by atoms with van der Waals surface area (Å²) < 4.78 is 0. The Hall–Kier alpha value is -1.05. The molecule has 0 bridgehead atoms. The van der Waals surface area contributed by atoms with E-state index in [0.717, 1.165) is 5.57 Å². The summed E-state index contributed by atoms with van der Waals surface area (Å²) in [6.45, 7) is 3.95. The minimum absolute atomic E-state index is 0.307. The molecule has 0 radical (unpaired) electrons. The Kier molecular flexibility index (Phi) is 2.13. The molecule has 1 rings (SSSR count). The van der Waals surface area contributed by atoms with Gasteiger partial charge in [-0.25, -0.2) is 0 Å². The molecule has 0 aliphatic heterocycles. The zero-order valence-electron chi connectivity index (χ0n) is 6.79. The van der Waals surface area contributed by atoms with Gasteiger partial charge in [0.1, 0.15) is 0 Å². The van der Waals surface area contributed by atoms with Crippen molar-refractivity contribution < 1.29 is 9.90 Å². The maximum atomic E-state index is 10.5. The molecule has 0 aromatic heterocycles. The van der Waals surface area contributed by atoms with Crippen molar-refractivity contribution in [1.82, 2.24) is 0 Å². The van der Waals surface area contributed by atoms with Gasteiger partial charge in [-0.1, -0.05) is 23.3 Å². The van der Waals surface area contributed by atoms with Crippen LogP contribution in [0.3, 0.4) is 0 Å². The Labute approximate surface area is 66.2 Å². The van der Waals surface area contributed by atoms with Crippen molar-refractivity contribution in [2.45, 2.75) is 20.3 Å². The van der Waals surface area contributed by atoms with E-state index in [1.54, 1.807) is 0 Å². The van der Waals surface area contributed by atoms with Crippen molar-refractivity contribution in [3.63, 3.8) is 0 Å². The third kappa shape index (κ3) is 1.70. The van der Waals surface area contributed by atoms with Crippen molar-refractivity contribution in [2.24, 2.45) is 5.92 Å². The van der Waals surface area contributed by atoms with Crippen LogP contribution in [0.15, 0.2) is 23.3 Å². The minimum Gasteiger partial charge on any atom is -0.481 e. The number of carboxylic acid groups (broad SMARTS) is 1. The summed E-state index contributed by atoms with van der Waals surface area (Å²) in [5.41, 5.74) is 2.28. The van der Waals surface area contributed by atoms with Gasteiger partial charge in [-0.2, -0.15) is 0 Å². The molecule has 1 atom stereocenters. The van der Waals surface area contributed by atoms with Gasteiger partial charge in [0.25, 0.3) is 0 Å². The molecule has 0 amide bonds. The van der Waals surface area contributed by atoms with Crippen molar-refractivity contribution >= 4 is 5.97 Å². The van der Waals surface area contributed by atoms with Gasteiger partial charge in [0, 0.05) is 0 Å². The van der Waals surface area contributed by atoms with Crippen LogP contribution in [0.5, 0.6) is 0 Å². The lowest BCUT2D eigenvalue weighted by molar-refractivity contribution is -0.140. The van der Waals surface area contributed by atoms with Gasteiger partial charge >= 0.3 is 5.97 Å². The highest BCUT2D eigenvalue weighted by atomic mass is 16.4. The van der Waals surface area contributed by atoms with Crippen LogP contribution in [-0.2, 0) is 4.79 Å². The average Bonchev–Trinajstić information content (AvgIpc) is 1.94. The molecule has 0 aromatic carbocycles. The van der Waals surface area contributed by atoms with Gasteiger partial charge in [0.15, 0.2) is 0 Å². The molecule has 1 aliphatic rings. The maximum Gasteiger partial charge on any atom is 0.310 e. The number of rotatable bonds is 1. The monoisotopic (exact) mass is 152 g/mol. The number of allylic oxidation sites excluding steroid dienone is 3. The lowest BCUT2D eigenvalue weighted by Gasteiger charge is -2.13. The van der Waals surface area contributed by atoms with E-state index in [9.17, 15) is 4.79 Å². The molecule has 11 heavy (non-hydrogen) atoms. The van der Waals surface area contributed by atoms with Gasteiger partial charge in [0.2, 0.25) is 0 Å². The molecule has 1 N–H and O–H groups in total. The van der Waals surface area contributed by atoms with Crippen LogP contribution in [0.2, 0.25) is 0 Å². The fraction of sp³-hybridized carbons (Fsp3) is 0.444. The number of carbonyl (C=O) groups is 1. The molecule has 2 heteroatoms. The molecule has 0 aromatic rings. The molecule has 0 saturated carbocycles. The normalized spacial score (nSPS) is 24.0. The molecule has 1 aliphatic carbocycles. The molecule has 60 valence electrons. The Morgan fingerprint density at radius 1 is 1.55 bits per heavy atom. The molecule has 2 nitrogen and oxygen atoms in total. The maximum absolute atomic E-state index is 10.5. The zero-order chi connectivity index (χ0) is 8.43. The van der Waals surface area contributed by atoms with Gasteiger partial charge in [0.05, 0.1) is 5.92 Å². The van der Waals surface area contributed by atoms with Gasteiger partial charge < -0.3 is 5.11 Å². The summed E-state index contributed by atoms with van der Waals surface area (Å²) in [4.78, 5) is 10.5. The summed E-state index contributed by atoms with van der Waals surface area (Å²) >= 11 is 0. The van der Waals surface area contributed by atoms with Crippen LogP contribution in [0.4, 0.5) is 0 Å². The molecule has 0 fully saturated rings. The van der Waals surface area contributed by atoms with E-state index < -0.39 is 5.97 Å². The predicted octanol–water partition coefficient (Wildman–Crippen LogP) is 1.98. The molecule has 0 saturated heterocycles. The smallest absolute Gasteiger partial charge is 0.310 e. The first-order valence-electron chi connectivity index (χ1n) is 3.69. The van der Waals surface area contributed by atoms with Gasteiger partial charge in [-0.05, 0) is 20.3 Å². The zero-order valence-corrected chi connectivity index (χ0v) is 6.79. The van der Waals surface area contributed by atoms with Crippen LogP contribution < -0.4 is 0 Å². The molecular weight excluding hydrogens is 140 g/mol. The lowest BCUT2D eigenvalue weighted by Crippen LogP contribution is -2.13. The number of hydrogen-bond donors (Lipinski definition) is 1. The summed E-state index contributed by atoms with van der Waals surface area (Å²) in [5.74, 6) is -1.04. The van der Waals surface area contributed by atoms with E-state index in [-0.39, 0.29) is 5.92 Å². The summed E-state index contributed by atoms with van der Waals surface area (Å²) in [5, 5.41) is 8.67. The van der Waals surface area contributed by atoms with E-state index in [1.807, 2.05) is 26.0 Å². The van der Waals surface area contributed by atoms with Crippen LogP contribution in [-0.4, -0.2) is 11.1 Å². The topological polar surface area (TPSA) is 37.3 Å². The van der Waals surface area contributed by atoms with E-state index >= 15 is 0 Å². The standard InChI is InChI=1S/C9H12O2/c1-6-3-4-8(9(10)11)5-7(6)2/h3,5,8H,4H2,1-2H3,(H,10,11). The lowest BCUT2D eigenvalue weighted by atomic mass is 9.92. The highest BCUT2D eigenvalue weighted by Crippen LogP contribution is 2.21. The number of aliphatic carboxylic acids is 1. The van der Waals surface area contributed by atoms with Crippen LogP contribution in [0, 0.1) is 5.92 Å². The predicted molar refractivity (Wildman–Crippen MR) is 43.3 cm³/mol. The second-order valence-electron chi connectivity index (χ2n) is 2.92. The number of carboxylic acids is 1. The summed E-state index contributed by atoms with van der Waals surface area (Å²) in [6.07, 6.45) is 4.43. The Bertz CT molecular complexity index is 236. The largest absolute Gasteiger partial charge is 0.481 e. The minimum atomic E-state index is -0.729. The van der Waals surface area contributed by atoms with Crippen molar-refractivity contribution in [1.29, 1.82) is 0 Å².